The number of rotatable bonds is 5. The second kappa shape index (κ2) is 5.00. The molecule has 1 aliphatic heterocycles. The molecule has 1 rings (SSSR count). The van der Waals surface area contributed by atoms with Gasteiger partial charge in [-0.2, -0.15) is 0 Å². The van der Waals surface area contributed by atoms with Crippen LogP contribution >= 0.6 is 0 Å². The second-order valence-corrected chi connectivity index (χ2v) is 5.43. The summed E-state index contributed by atoms with van der Waals surface area (Å²) in [4.78, 5) is 2.43. The van der Waals surface area contributed by atoms with E-state index in [0.29, 0.717) is 6.54 Å². The molecule has 96 valence electrons. The van der Waals surface area contributed by atoms with E-state index in [0.717, 1.165) is 6.54 Å². The van der Waals surface area contributed by atoms with Crippen LogP contribution in [0.1, 0.15) is 33.6 Å². The number of methoxy groups -OCH3 is 2. The van der Waals surface area contributed by atoms with E-state index in [1.807, 2.05) is 0 Å². The van der Waals surface area contributed by atoms with E-state index in [2.05, 4.69) is 25.7 Å². The van der Waals surface area contributed by atoms with Crippen LogP contribution in [-0.2, 0) is 9.47 Å². The Morgan fingerprint density at radius 2 is 1.94 bits per heavy atom. The molecule has 16 heavy (non-hydrogen) atoms. The summed E-state index contributed by atoms with van der Waals surface area (Å²) in [6.07, 6.45) is 2.13. The molecule has 0 amide bonds. The van der Waals surface area contributed by atoms with Gasteiger partial charge in [0.25, 0.3) is 0 Å². The van der Waals surface area contributed by atoms with Crippen LogP contribution in [0.25, 0.3) is 0 Å². The molecule has 1 fully saturated rings. The number of hydrogen-bond donors (Lipinski definition) is 1. The normalized spacial score (nSPS) is 24.9. The molecule has 0 bridgehead atoms. The molecule has 2 N–H and O–H groups in total. The summed E-state index contributed by atoms with van der Waals surface area (Å²) in [5.74, 6) is 0. The largest absolute Gasteiger partial charge is 0.354 e. The first-order chi connectivity index (χ1) is 7.42. The highest BCUT2D eigenvalue weighted by molar-refractivity contribution is 5.01. The molecule has 0 radical (unpaired) electrons. The van der Waals surface area contributed by atoms with Gasteiger partial charge in [-0.05, 0) is 40.2 Å². The average molecular weight is 230 g/mol. The van der Waals surface area contributed by atoms with Gasteiger partial charge in [-0.25, -0.2) is 0 Å². The predicted octanol–water partition coefficient (Wildman–Crippen LogP) is 1.20. The highest BCUT2D eigenvalue weighted by atomic mass is 16.7. The Hall–Kier alpha value is -0.160. The molecule has 4 nitrogen and oxygen atoms in total. The third-order valence-electron chi connectivity index (χ3n) is 3.87. The van der Waals surface area contributed by atoms with E-state index in [1.165, 1.54) is 12.8 Å². The lowest BCUT2D eigenvalue weighted by molar-refractivity contribution is -0.190. The first-order valence-electron chi connectivity index (χ1n) is 5.96. The fraction of sp³-hybridized carbons (Fsp3) is 1.00. The van der Waals surface area contributed by atoms with E-state index in [9.17, 15) is 0 Å². The van der Waals surface area contributed by atoms with Gasteiger partial charge in [0.2, 0.25) is 0 Å². The Morgan fingerprint density at radius 1 is 1.38 bits per heavy atom. The Bertz CT molecular complexity index is 229. The summed E-state index contributed by atoms with van der Waals surface area (Å²) in [6, 6.07) is 0. The minimum Gasteiger partial charge on any atom is -0.354 e. The van der Waals surface area contributed by atoms with Crippen LogP contribution < -0.4 is 5.73 Å². The molecule has 1 aliphatic rings. The van der Waals surface area contributed by atoms with Crippen molar-refractivity contribution >= 4 is 0 Å². The monoisotopic (exact) mass is 230 g/mol. The summed E-state index contributed by atoms with van der Waals surface area (Å²) in [5.41, 5.74) is 5.87. The number of hydrogen-bond acceptors (Lipinski definition) is 4. The molecule has 1 heterocycles. The van der Waals surface area contributed by atoms with Gasteiger partial charge in [0.1, 0.15) is 0 Å². The molecule has 0 spiro atoms. The Kier molecular flexibility index (Phi) is 4.35. The summed E-state index contributed by atoms with van der Waals surface area (Å²) < 4.78 is 10.8. The molecular weight excluding hydrogens is 204 g/mol. The molecule has 1 unspecified atom stereocenters. The zero-order chi connectivity index (χ0) is 12.4. The molecular formula is C12H26N2O2. The van der Waals surface area contributed by atoms with Gasteiger partial charge >= 0.3 is 0 Å². The van der Waals surface area contributed by atoms with Crippen LogP contribution in [0.4, 0.5) is 0 Å². The summed E-state index contributed by atoms with van der Waals surface area (Å²) >= 11 is 0. The maximum Gasteiger partial charge on any atom is 0.176 e. The molecule has 4 heteroatoms. The van der Waals surface area contributed by atoms with Crippen molar-refractivity contribution in [2.75, 3.05) is 27.3 Å². The van der Waals surface area contributed by atoms with Crippen LogP contribution in [0.5, 0.6) is 0 Å². The lowest BCUT2D eigenvalue weighted by atomic mass is 9.92. The van der Waals surface area contributed by atoms with Crippen molar-refractivity contribution < 1.29 is 9.47 Å². The van der Waals surface area contributed by atoms with Gasteiger partial charge in [0.15, 0.2) is 6.29 Å². The van der Waals surface area contributed by atoms with Gasteiger partial charge < -0.3 is 15.2 Å². The fourth-order valence-electron chi connectivity index (χ4n) is 2.99. The highest BCUT2D eigenvalue weighted by Gasteiger charge is 2.47. The predicted molar refractivity (Wildman–Crippen MR) is 65.3 cm³/mol. The Balaban J connectivity index is 2.94. The lowest BCUT2D eigenvalue weighted by Gasteiger charge is -2.48. The zero-order valence-electron chi connectivity index (χ0n) is 11.2. The van der Waals surface area contributed by atoms with Crippen molar-refractivity contribution in [3.05, 3.63) is 0 Å². The zero-order valence-corrected chi connectivity index (χ0v) is 11.2. The van der Waals surface area contributed by atoms with E-state index in [1.54, 1.807) is 14.2 Å². The van der Waals surface area contributed by atoms with Crippen molar-refractivity contribution in [3.63, 3.8) is 0 Å². The number of nitrogens with two attached hydrogens (primary N) is 1. The molecule has 1 saturated heterocycles. The van der Waals surface area contributed by atoms with E-state index < -0.39 is 0 Å². The topological polar surface area (TPSA) is 47.7 Å². The molecule has 0 aromatic carbocycles. The maximum atomic E-state index is 5.96. The number of likely N-dealkylation sites (tertiary alicyclic amines) is 1. The Labute approximate surface area is 99.1 Å². The highest BCUT2D eigenvalue weighted by Crippen LogP contribution is 2.37. The van der Waals surface area contributed by atoms with Crippen molar-refractivity contribution in [1.29, 1.82) is 0 Å². The summed E-state index contributed by atoms with van der Waals surface area (Å²) in [7, 11) is 3.34. The average Bonchev–Trinajstić information content (AvgIpc) is 2.60. The summed E-state index contributed by atoms with van der Waals surface area (Å²) in [6.45, 7) is 8.23. The van der Waals surface area contributed by atoms with E-state index >= 15 is 0 Å². The Morgan fingerprint density at radius 3 is 2.25 bits per heavy atom. The van der Waals surface area contributed by atoms with Crippen molar-refractivity contribution in [1.82, 2.24) is 4.90 Å². The number of ether oxygens (including phenoxy) is 2. The second-order valence-electron chi connectivity index (χ2n) is 5.43. The molecule has 0 aromatic rings. The first kappa shape index (κ1) is 13.9. The minimum absolute atomic E-state index is 0.170. The van der Waals surface area contributed by atoms with Crippen LogP contribution in [-0.4, -0.2) is 49.6 Å². The van der Waals surface area contributed by atoms with Crippen molar-refractivity contribution in [3.8, 4) is 0 Å². The third-order valence-corrected chi connectivity index (χ3v) is 3.87. The first-order valence-corrected chi connectivity index (χ1v) is 5.96. The molecule has 1 atom stereocenters. The lowest BCUT2D eigenvalue weighted by Crippen LogP contribution is -2.64. The van der Waals surface area contributed by atoms with Gasteiger partial charge in [-0.15, -0.1) is 0 Å². The van der Waals surface area contributed by atoms with Gasteiger partial charge in [-0.1, -0.05) is 0 Å². The van der Waals surface area contributed by atoms with Crippen LogP contribution in [0, 0.1) is 0 Å². The smallest absolute Gasteiger partial charge is 0.176 e. The minimum atomic E-state index is -0.283. The quantitative estimate of drug-likeness (QED) is 0.721. The fourth-order valence-corrected chi connectivity index (χ4v) is 2.99. The van der Waals surface area contributed by atoms with Crippen molar-refractivity contribution in [2.24, 2.45) is 5.73 Å². The van der Waals surface area contributed by atoms with Crippen LogP contribution in [0.3, 0.4) is 0 Å². The van der Waals surface area contributed by atoms with Crippen LogP contribution in [0.15, 0.2) is 0 Å². The van der Waals surface area contributed by atoms with Gasteiger partial charge in [0, 0.05) is 26.3 Å². The third kappa shape index (κ3) is 2.25. The van der Waals surface area contributed by atoms with Crippen molar-refractivity contribution in [2.45, 2.75) is 51.0 Å². The maximum absolute atomic E-state index is 5.96. The standard InChI is InChI=1S/C12H26N2O2/c1-11(2)7-6-8-14(11)12(3,9-13)10(15-4)16-5/h10H,6-9,13H2,1-5H3. The molecule has 0 aromatic heterocycles. The SMILES string of the molecule is COC(OC)C(C)(CN)N1CCCC1(C)C. The van der Waals surface area contributed by atoms with Gasteiger partial charge in [-0.3, -0.25) is 4.90 Å². The van der Waals surface area contributed by atoms with E-state index in [4.69, 9.17) is 15.2 Å². The molecule has 0 aliphatic carbocycles. The van der Waals surface area contributed by atoms with Crippen LogP contribution in [0.2, 0.25) is 0 Å². The van der Waals surface area contributed by atoms with E-state index in [-0.39, 0.29) is 17.4 Å². The molecule has 0 saturated carbocycles. The number of nitrogens with zero attached hydrogens (tertiary/aromatic N) is 1. The summed E-state index contributed by atoms with van der Waals surface area (Å²) in [5, 5.41) is 0. The van der Waals surface area contributed by atoms with Gasteiger partial charge in [0.05, 0.1) is 5.54 Å².